The van der Waals surface area contributed by atoms with Crippen molar-refractivity contribution >= 4 is 11.6 Å². The van der Waals surface area contributed by atoms with E-state index in [0.29, 0.717) is 5.15 Å². The third-order valence-corrected chi connectivity index (χ3v) is 2.18. The molecule has 0 radical (unpaired) electrons. The normalized spacial score (nSPS) is 11.8. The van der Waals surface area contributed by atoms with E-state index in [1.165, 1.54) is 0 Å². The van der Waals surface area contributed by atoms with Crippen LogP contribution in [-0.2, 0) is 12.8 Å². The van der Waals surface area contributed by atoms with Crippen LogP contribution in [0.3, 0.4) is 0 Å². The maximum Gasteiger partial charge on any atom is 0.133 e. The van der Waals surface area contributed by atoms with Gasteiger partial charge in [0.05, 0.1) is 0 Å². The molecule has 0 N–H and O–H groups in total. The van der Waals surface area contributed by atoms with Crippen LogP contribution in [0.4, 0.5) is 0 Å². The van der Waals surface area contributed by atoms with Gasteiger partial charge in [0.2, 0.25) is 0 Å². The van der Waals surface area contributed by atoms with Crippen LogP contribution >= 0.6 is 11.6 Å². The van der Waals surface area contributed by atoms with Crippen molar-refractivity contribution in [2.45, 2.75) is 47.0 Å². The second kappa shape index (κ2) is 4.93. The minimum absolute atomic E-state index is 0.203. The molecule has 0 unspecified atom stereocenters. The molecule has 3 heteroatoms. The van der Waals surface area contributed by atoms with E-state index >= 15 is 0 Å². The van der Waals surface area contributed by atoms with Crippen LogP contribution in [0.2, 0.25) is 5.15 Å². The number of aryl methyl sites for hydroxylation is 1. The van der Waals surface area contributed by atoms with Gasteiger partial charge in [0.15, 0.2) is 0 Å². The van der Waals surface area contributed by atoms with Crippen molar-refractivity contribution in [1.29, 1.82) is 0 Å². The van der Waals surface area contributed by atoms with Crippen molar-refractivity contribution in [3.63, 3.8) is 0 Å². The Morgan fingerprint density at radius 1 is 1.27 bits per heavy atom. The molecule has 2 nitrogen and oxygen atoms in total. The predicted octanol–water partition coefficient (Wildman–Crippen LogP) is 3.67. The lowest BCUT2D eigenvalue weighted by atomic mass is 9.92. The fraction of sp³-hybridized carbons (Fsp3) is 0.667. The first-order valence-corrected chi connectivity index (χ1v) is 5.81. The largest absolute Gasteiger partial charge is 0.238 e. The first kappa shape index (κ1) is 12.4. The molecule has 1 aromatic heterocycles. The molecule has 1 aromatic rings. The van der Waals surface area contributed by atoms with Crippen LogP contribution in [0, 0.1) is 5.41 Å². The SMILES string of the molecule is CCCc1cc(Cl)nc(CC(C)(C)C)n1. The Labute approximate surface area is 97.1 Å². The maximum atomic E-state index is 5.96. The number of nitrogens with zero attached hydrogens (tertiary/aromatic N) is 2. The highest BCUT2D eigenvalue weighted by Crippen LogP contribution is 2.19. The summed E-state index contributed by atoms with van der Waals surface area (Å²) in [5.41, 5.74) is 1.26. The standard InChI is InChI=1S/C12H19ClN2/c1-5-6-9-7-10(13)15-11(14-9)8-12(2,3)4/h7H,5-6,8H2,1-4H3. The number of hydrogen-bond acceptors (Lipinski definition) is 2. The van der Waals surface area contributed by atoms with Crippen molar-refractivity contribution < 1.29 is 0 Å². The summed E-state index contributed by atoms with van der Waals surface area (Å²) in [7, 11) is 0. The van der Waals surface area contributed by atoms with E-state index in [9.17, 15) is 0 Å². The number of rotatable bonds is 3. The molecule has 1 rings (SSSR count). The van der Waals surface area contributed by atoms with Crippen LogP contribution < -0.4 is 0 Å². The number of aromatic nitrogens is 2. The predicted molar refractivity (Wildman–Crippen MR) is 64.2 cm³/mol. The molecule has 1 heterocycles. The van der Waals surface area contributed by atoms with Crippen LogP contribution in [0.25, 0.3) is 0 Å². The molecular formula is C12H19ClN2. The highest BCUT2D eigenvalue weighted by Gasteiger charge is 2.14. The van der Waals surface area contributed by atoms with Gasteiger partial charge in [-0.1, -0.05) is 45.7 Å². The number of hydrogen-bond donors (Lipinski definition) is 0. The lowest BCUT2D eigenvalue weighted by Gasteiger charge is -2.17. The summed E-state index contributed by atoms with van der Waals surface area (Å²) in [5, 5.41) is 0.563. The summed E-state index contributed by atoms with van der Waals surface area (Å²) in [6, 6.07) is 1.86. The van der Waals surface area contributed by atoms with E-state index in [2.05, 4.69) is 37.7 Å². The van der Waals surface area contributed by atoms with Crippen molar-refractivity contribution in [2.75, 3.05) is 0 Å². The Kier molecular flexibility index (Phi) is 4.09. The lowest BCUT2D eigenvalue weighted by Crippen LogP contribution is -2.13. The summed E-state index contributed by atoms with van der Waals surface area (Å²) in [6.07, 6.45) is 2.92. The second-order valence-electron chi connectivity index (χ2n) is 5.09. The topological polar surface area (TPSA) is 25.8 Å². The first-order chi connectivity index (χ1) is 6.90. The third kappa shape index (κ3) is 4.61. The Hall–Kier alpha value is -0.630. The van der Waals surface area contributed by atoms with Gasteiger partial charge < -0.3 is 0 Å². The number of halogens is 1. The zero-order valence-corrected chi connectivity index (χ0v) is 10.7. The minimum atomic E-state index is 0.203. The zero-order valence-electron chi connectivity index (χ0n) is 9.97. The molecule has 0 aromatic carbocycles. The fourth-order valence-electron chi connectivity index (χ4n) is 1.45. The summed E-state index contributed by atoms with van der Waals surface area (Å²) in [4.78, 5) is 8.77. The van der Waals surface area contributed by atoms with Gasteiger partial charge in [-0.05, 0) is 17.9 Å². The smallest absolute Gasteiger partial charge is 0.133 e. The molecule has 0 aliphatic rings. The van der Waals surface area contributed by atoms with Gasteiger partial charge >= 0.3 is 0 Å². The molecule has 84 valence electrons. The molecule has 0 saturated carbocycles. The van der Waals surface area contributed by atoms with Gasteiger partial charge in [-0.3, -0.25) is 0 Å². The highest BCUT2D eigenvalue weighted by molar-refractivity contribution is 6.29. The van der Waals surface area contributed by atoms with E-state index in [-0.39, 0.29) is 5.41 Å². The zero-order chi connectivity index (χ0) is 11.5. The Bertz CT molecular complexity index is 329. The summed E-state index contributed by atoms with van der Waals surface area (Å²) in [6.45, 7) is 8.67. The summed E-state index contributed by atoms with van der Waals surface area (Å²) in [5.74, 6) is 0.860. The van der Waals surface area contributed by atoms with Gasteiger partial charge in [0, 0.05) is 12.1 Å². The molecule has 0 saturated heterocycles. The van der Waals surface area contributed by atoms with Gasteiger partial charge in [-0.15, -0.1) is 0 Å². The molecule has 0 aliphatic heterocycles. The first-order valence-electron chi connectivity index (χ1n) is 5.43. The molecule has 0 spiro atoms. The van der Waals surface area contributed by atoms with Crippen LogP contribution in [0.5, 0.6) is 0 Å². The average molecular weight is 227 g/mol. The van der Waals surface area contributed by atoms with Crippen LogP contribution in [-0.4, -0.2) is 9.97 Å². The lowest BCUT2D eigenvalue weighted by molar-refractivity contribution is 0.400. The maximum absolute atomic E-state index is 5.96. The second-order valence-corrected chi connectivity index (χ2v) is 5.47. The van der Waals surface area contributed by atoms with Crippen molar-refractivity contribution in [3.8, 4) is 0 Å². The quantitative estimate of drug-likeness (QED) is 0.735. The van der Waals surface area contributed by atoms with E-state index in [1.54, 1.807) is 0 Å². The van der Waals surface area contributed by atoms with E-state index in [0.717, 1.165) is 30.8 Å². The molecule has 0 amide bonds. The van der Waals surface area contributed by atoms with E-state index in [1.807, 2.05) is 6.07 Å². The van der Waals surface area contributed by atoms with Crippen LogP contribution in [0.1, 0.15) is 45.6 Å². The third-order valence-electron chi connectivity index (χ3n) is 1.99. The van der Waals surface area contributed by atoms with Gasteiger partial charge in [0.25, 0.3) is 0 Å². The molecule has 0 bridgehead atoms. The Morgan fingerprint density at radius 2 is 1.93 bits per heavy atom. The van der Waals surface area contributed by atoms with Crippen molar-refractivity contribution in [1.82, 2.24) is 9.97 Å². The molecule has 15 heavy (non-hydrogen) atoms. The van der Waals surface area contributed by atoms with Crippen LogP contribution in [0.15, 0.2) is 6.07 Å². The monoisotopic (exact) mass is 226 g/mol. The van der Waals surface area contributed by atoms with Crippen molar-refractivity contribution in [3.05, 3.63) is 22.7 Å². The molecule has 0 aliphatic carbocycles. The summed E-state index contributed by atoms with van der Waals surface area (Å²) < 4.78 is 0. The Morgan fingerprint density at radius 3 is 2.47 bits per heavy atom. The van der Waals surface area contributed by atoms with Gasteiger partial charge in [-0.25, -0.2) is 9.97 Å². The van der Waals surface area contributed by atoms with Crippen molar-refractivity contribution in [2.24, 2.45) is 5.41 Å². The molecular weight excluding hydrogens is 208 g/mol. The summed E-state index contributed by atoms with van der Waals surface area (Å²) >= 11 is 5.96. The highest BCUT2D eigenvalue weighted by atomic mass is 35.5. The fourth-order valence-corrected chi connectivity index (χ4v) is 1.68. The molecule has 0 atom stereocenters. The minimum Gasteiger partial charge on any atom is -0.238 e. The molecule has 0 fully saturated rings. The Balaban J connectivity index is 2.88. The van der Waals surface area contributed by atoms with E-state index < -0.39 is 0 Å². The van der Waals surface area contributed by atoms with E-state index in [4.69, 9.17) is 11.6 Å². The average Bonchev–Trinajstić information content (AvgIpc) is 1.99. The van der Waals surface area contributed by atoms with Gasteiger partial charge in [-0.2, -0.15) is 0 Å². The van der Waals surface area contributed by atoms with Gasteiger partial charge in [0.1, 0.15) is 11.0 Å².